The third-order valence-corrected chi connectivity index (χ3v) is 3.55. The molecule has 1 aromatic carbocycles. The van der Waals surface area contributed by atoms with Crippen LogP contribution in [0.1, 0.15) is 5.56 Å². The van der Waals surface area contributed by atoms with Crippen molar-refractivity contribution in [3.05, 3.63) is 29.8 Å². The second kappa shape index (κ2) is 5.75. The number of sulfonamides is 1. The van der Waals surface area contributed by atoms with Crippen LogP contribution in [0.15, 0.2) is 29.2 Å². The van der Waals surface area contributed by atoms with Gasteiger partial charge in [-0.2, -0.15) is 5.26 Å². The summed E-state index contributed by atoms with van der Waals surface area (Å²) in [6.07, 6.45) is 0. The lowest BCUT2D eigenvalue weighted by molar-refractivity contribution is 0.185. The van der Waals surface area contributed by atoms with E-state index in [-0.39, 0.29) is 10.5 Å². The first kappa shape index (κ1) is 13.6. The summed E-state index contributed by atoms with van der Waals surface area (Å²) >= 11 is 0. The molecular formula is C10H12N2O4S. The van der Waals surface area contributed by atoms with E-state index in [0.29, 0.717) is 0 Å². The fraction of sp³-hybridized carbons (Fsp3) is 0.300. The van der Waals surface area contributed by atoms with Gasteiger partial charge in [-0.25, -0.2) is 13.1 Å². The second-order valence-electron chi connectivity index (χ2n) is 3.32. The minimum absolute atomic E-state index is 0.0801. The number of benzene rings is 1. The Morgan fingerprint density at radius 3 is 2.53 bits per heavy atom. The molecule has 0 bridgehead atoms. The molecule has 0 heterocycles. The molecule has 6 nitrogen and oxygen atoms in total. The molecule has 0 saturated heterocycles. The average molecular weight is 256 g/mol. The van der Waals surface area contributed by atoms with Crippen molar-refractivity contribution in [2.75, 3.05) is 13.2 Å². The molecule has 1 aromatic rings. The Morgan fingerprint density at radius 2 is 2.00 bits per heavy atom. The lowest BCUT2D eigenvalue weighted by atomic mass is 10.2. The fourth-order valence-corrected chi connectivity index (χ4v) is 2.42. The van der Waals surface area contributed by atoms with Gasteiger partial charge >= 0.3 is 0 Å². The summed E-state index contributed by atoms with van der Waals surface area (Å²) in [5, 5.41) is 26.3. The lowest BCUT2D eigenvalue weighted by Gasteiger charge is -2.13. The Bertz CT molecular complexity index is 517. The van der Waals surface area contributed by atoms with Crippen LogP contribution < -0.4 is 4.72 Å². The highest BCUT2D eigenvalue weighted by molar-refractivity contribution is 7.89. The van der Waals surface area contributed by atoms with Crippen molar-refractivity contribution in [3.63, 3.8) is 0 Å². The van der Waals surface area contributed by atoms with E-state index in [4.69, 9.17) is 15.5 Å². The number of rotatable bonds is 5. The number of nitriles is 1. The third kappa shape index (κ3) is 3.51. The van der Waals surface area contributed by atoms with Crippen molar-refractivity contribution in [1.29, 1.82) is 5.26 Å². The van der Waals surface area contributed by atoms with E-state index in [2.05, 4.69) is 4.72 Å². The lowest BCUT2D eigenvalue weighted by Crippen LogP contribution is -2.40. The zero-order valence-electron chi connectivity index (χ0n) is 8.87. The van der Waals surface area contributed by atoms with Crippen LogP contribution in [0.25, 0.3) is 0 Å². The number of nitrogens with one attached hydrogen (secondary N) is 1. The summed E-state index contributed by atoms with van der Waals surface area (Å²) in [6.45, 7) is -1.01. The molecule has 0 aliphatic heterocycles. The van der Waals surface area contributed by atoms with E-state index in [1.165, 1.54) is 24.3 Å². The molecule has 0 aromatic heterocycles. The van der Waals surface area contributed by atoms with Crippen molar-refractivity contribution < 1.29 is 18.6 Å². The van der Waals surface area contributed by atoms with Crippen LogP contribution in [0.3, 0.4) is 0 Å². The zero-order valence-corrected chi connectivity index (χ0v) is 9.68. The first-order chi connectivity index (χ1) is 8.03. The Morgan fingerprint density at radius 1 is 1.35 bits per heavy atom. The molecule has 0 atom stereocenters. The van der Waals surface area contributed by atoms with E-state index in [1.54, 1.807) is 0 Å². The molecule has 92 valence electrons. The van der Waals surface area contributed by atoms with Gasteiger partial charge in [0.15, 0.2) is 0 Å². The fourth-order valence-electron chi connectivity index (χ4n) is 1.15. The van der Waals surface area contributed by atoms with Gasteiger partial charge in [-0.15, -0.1) is 0 Å². The van der Waals surface area contributed by atoms with Gasteiger partial charge < -0.3 is 10.2 Å². The molecule has 0 amide bonds. The molecule has 17 heavy (non-hydrogen) atoms. The third-order valence-electron chi connectivity index (χ3n) is 2.04. The number of nitrogens with zero attached hydrogens (tertiary/aromatic N) is 1. The topological polar surface area (TPSA) is 110 Å². The van der Waals surface area contributed by atoms with Crippen LogP contribution in [-0.4, -0.2) is 37.9 Å². The van der Waals surface area contributed by atoms with Gasteiger partial charge in [0.2, 0.25) is 10.0 Å². The van der Waals surface area contributed by atoms with Gasteiger partial charge in [-0.05, 0) is 18.2 Å². The molecule has 1 rings (SSSR count). The van der Waals surface area contributed by atoms with Gasteiger partial charge in [0.1, 0.15) is 0 Å². The van der Waals surface area contributed by atoms with Crippen LogP contribution in [0, 0.1) is 11.3 Å². The summed E-state index contributed by atoms with van der Waals surface area (Å²) in [5.41, 5.74) is 0.220. The van der Waals surface area contributed by atoms with E-state index >= 15 is 0 Å². The van der Waals surface area contributed by atoms with Crippen molar-refractivity contribution in [2.24, 2.45) is 0 Å². The quantitative estimate of drug-likeness (QED) is 0.638. The molecule has 7 heteroatoms. The van der Waals surface area contributed by atoms with Gasteiger partial charge in [-0.1, -0.05) is 6.07 Å². The van der Waals surface area contributed by atoms with Crippen LogP contribution in [-0.2, 0) is 10.0 Å². The van der Waals surface area contributed by atoms with Gasteiger partial charge in [-0.3, -0.25) is 0 Å². The number of hydrogen-bond acceptors (Lipinski definition) is 5. The van der Waals surface area contributed by atoms with Crippen LogP contribution in [0.2, 0.25) is 0 Å². The standard InChI is InChI=1S/C10H12N2O4S/c11-5-8-2-1-3-10(4-8)17(15,16)12-9(6-13)7-14/h1-4,9,12-14H,6-7H2. The smallest absolute Gasteiger partial charge is 0.241 e. The summed E-state index contributed by atoms with van der Waals surface area (Å²) < 4.78 is 25.7. The van der Waals surface area contributed by atoms with Crippen LogP contribution in [0.4, 0.5) is 0 Å². The van der Waals surface area contributed by atoms with Gasteiger partial charge in [0.05, 0.1) is 35.8 Å². The minimum atomic E-state index is -3.84. The second-order valence-corrected chi connectivity index (χ2v) is 5.04. The number of hydrogen-bond donors (Lipinski definition) is 3. The summed E-state index contributed by atoms with van der Waals surface area (Å²) in [6, 6.07) is 6.35. The predicted molar refractivity (Wildman–Crippen MR) is 59.4 cm³/mol. The molecule has 0 aliphatic carbocycles. The summed E-state index contributed by atoms with van der Waals surface area (Å²) in [4.78, 5) is -0.0801. The Hall–Kier alpha value is -1.46. The largest absolute Gasteiger partial charge is 0.395 e. The maximum absolute atomic E-state index is 11.8. The summed E-state index contributed by atoms with van der Waals surface area (Å²) in [5.74, 6) is 0. The van der Waals surface area contributed by atoms with Crippen molar-refractivity contribution in [3.8, 4) is 6.07 Å². The van der Waals surface area contributed by atoms with Crippen molar-refractivity contribution >= 4 is 10.0 Å². The zero-order chi connectivity index (χ0) is 12.9. The van der Waals surface area contributed by atoms with Crippen LogP contribution in [0.5, 0.6) is 0 Å². The maximum atomic E-state index is 11.8. The molecule has 0 saturated carbocycles. The van der Waals surface area contributed by atoms with E-state index in [9.17, 15) is 8.42 Å². The molecular weight excluding hydrogens is 244 g/mol. The molecule has 0 spiro atoms. The van der Waals surface area contributed by atoms with Crippen molar-refractivity contribution in [2.45, 2.75) is 10.9 Å². The number of aliphatic hydroxyl groups excluding tert-OH is 2. The Balaban J connectivity index is 3.01. The van der Waals surface area contributed by atoms with Crippen LogP contribution >= 0.6 is 0 Å². The molecule has 0 fully saturated rings. The first-order valence-electron chi connectivity index (χ1n) is 4.77. The SMILES string of the molecule is N#Cc1cccc(S(=O)(=O)NC(CO)CO)c1. The van der Waals surface area contributed by atoms with Gasteiger partial charge in [0, 0.05) is 0 Å². The average Bonchev–Trinajstić information content (AvgIpc) is 2.36. The molecule has 3 N–H and O–H groups in total. The normalized spacial score (nSPS) is 11.4. The highest BCUT2D eigenvalue weighted by Gasteiger charge is 2.19. The monoisotopic (exact) mass is 256 g/mol. The van der Waals surface area contributed by atoms with E-state index in [0.717, 1.165) is 0 Å². The first-order valence-corrected chi connectivity index (χ1v) is 6.26. The Kier molecular flexibility index (Phi) is 4.60. The number of aliphatic hydroxyl groups is 2. The summed E-state index contributed by atoms with van der Waals surface area (Å²) in [7, 11) is -3.84. The minimum Gasteiger partial charge on any atom is -0.395 e. The predicted octanol–water partition coefficient (Wildman–Crippen LogP) is -0.810. The van der Waals surface area contributed by atoms with Crippen molar-refractivity contribution in [1.82, 2.24) is 4.72 Å². The molecule has 0 unspecified atom stereocenters. The Labute approximate surface area is 99.2 Å². The van der Waals surface area contributed by atoms with Gasteiger partial charge in [0.25, 0.3) is 0 Å². The van der Waals surface area contributed by atoms with E-state index < -0.39 is 29.3 Å². The molecule has 0 aliphatic rings. The van der Waals surface area contributed by atoms with E-state index in [1.807, 2.05) is 6.07 Å². The maximum Gasteiger partial charge on any atom is 0.241 e. The molecule has 0 radical (unpaired) electrons. The highest BCUT2D eigenvalue weighted by Crippen LogP contribution is 2.11. The highest BCUT2D eigenvalue weighted by atomic mass is 32.2.